The van der Waals surface area contributed by atoms with Crippen LogP contribution in [0.4, 0.5) is 0 Å². The SMILES string of the molecule is c1ccc(CCN2CCC[C@@]3(C[C@H](OCc4cccnc4)CO3)C2)cc1. The van der Waals surface area contributed by atoms with Gasteiger partial charge in [0.2, 0.25) is 0 Å². The maximum atomic E-state index is 6.28. The van der Waals surface area contributed by atoms with Crippen LogP contribution in [-0.4, -0.2) is 47.8 Å². The molecule has 4 heteroatoms. The quantitative estimate of drug-likeness (QED) is 0.797. The van der Waals surface area contributed by atoms with Crippen LogP contribution in [0, 0.1) is 0 Å². The van der Waals surface area contributed by atoms with E-state index < -0.39 is 0 Å². The molecule has 4 rings (SSSR count). The number of ether oxygens (including phenoxy) is 2. The Kier molecular flexibility index (Phi) is 5.63. The lowest BCUT2D eigenvalue weighted by molar-refractivity contribution is -0.0526. The van der Waals surface area contributed by atoms with Gasteiger partial charge in [0, 0.05) is 31.9 Å². The molecule has 138 valence electrons. The summed E-state index contributed by atoms with van der Waals surface area (Å²) in [4.78, 5) is 6.72. The van der Waals surface area contributed by atoms with Gasteiger partial charge in [-0.25, -0.2) is 0 Å². The first-order valence-corrected chi connectivity index (χ1v) is 9.72. The van der Waals surface area contributed by atoms with E-state index in [0.29, 0.717) is 13.2 Å². The molecule has 1 aromatic heterocycles. The fraction of sp³-hybridized carbons (Fsp3) is 0.500. The van der Waals surface area contributed by atoms with Crippen molar-refractivity contribution in [1.29, 1.82) is 0 Å². The Morgan fingerprint density at radius 1 is 1.15 bits per heavy atom. The summed E-state index contributed by atoms with van der Waals surface area (Å²) >= 11 is 0. The molecule has 0 aliphatic carbocycles. The van der Waals surface area contributed by atoms with E-state index >= 15 is 0 Å². The highest BCUT2D eigenvalue weighted by molar-refractivity contribution is 5.15. The third kappa shape index (κ3) is 4.50. The topological polar surface area (TPSA) is 34.6 Å². The van der Waals surface area contributed by atoms with Crippen molar-refractivity contribution in [2.75, 3.05) is 26.2 Å². The van der Waals surface area contributed by atoms with Crippen molar-refractivity contribution >= 4 is 0 Å². The Morgan fingerprint density at radius 2 is 2.04 bits per heavy atom. The van der Waals surface area contributed by atoms with Gasteiger partial charge in [-0.2, -0.15) is 0 Å². The van der Waals surface area contributed by atoms with Gasteiger partial charge >= 0.3 is 0 Å². The molecule has 2 aliphatic rings. The molecule has 4 nitrogen and oxygen atoms in total. The van der Waals surface area contributed by atoms with E-state index in [-0.39, 0.29) is 11.7 Å². The van der Waals surface area contributed by atoms with Gasteiger partial charge in [0.1, 0.15) is 0 Å². The van der Waals surface area contributed by atoms with E-state index in [1.54, 1.807) is 6.20 Å². The van der Waals surface area contributed by atoms with Crippen molar-refractivity contribution in [3.8, 4) is 0 Å². The molecule has 26 heavy (non-hydrogen) atoms. The zero-order valence-corrected chi connectivity index (χ0v) is 15.3. The first-order valence-electron chi connectivity index (χ1n) is 9.72. The predicted octanol–water partition coefficient (Wildman–Crippen LogP) is 3.46. The molecular formula is C22H28N2O2. The van der Waals surface area contributed by atoms with Crippen LogP contribution >= 0.6 is 0 Å². The van der Waals surface area contributed by atoms with Crippen LogP contribution in [0.3, 0.4) is 0 Å². The largest absolute Gasteiger partial charge is 0.371 e. The Labute approximate surface area is 156 Å². The molecule has 2 fully saturated rings. The van der Waals surface area contributed by atoms with Crippen LogP contribution < -0.4 is 0 Å². The fourth-order valence-corrected chi connectivity index (χ4v) is 4.20. The zero-order chi connectivity index (χ0) is 17.7. The smallest absolute Gasteiger partial charge is 0.0841 e. The number of hydrogen-bond acceptors (Lipinski definition) is 4. The lowest BCUT2D eigenvalue weighted by atomic mass is 9.89. The Morgan fingerprint density at radius 3 is 2.88 bits per heavy atom. The molecule has 0 amide bonds. The molecule has 2 aromatic rings. The van der Waals surface area contributed by atoms with E-state index in [9.17, 15) is 0 Å². The maximum absolute atomic E-state index is 6.28. The third-order valence-corrected chi connectivity index (χ3v) is 5.56. The predicted molar refractivity (Wildman–Crippen MR) is 102 cm³/mol. The normalized spacial score (nSPS) is 26.4. The molecule has 0 radical (unpaired) electrons. The summed E-state index contributed by atoms with van der Waals surface area (Å²) in [6, 6.07) is 14.8. The van der Waals surface area contributed by atoms with E-state index in [1.165, 1.54) is 18.5 Å². The lowest BCUT2D eigenvalue weighted by Crippen LogP contribution is -2.48. The number of piperidine rings is 1. The van der Waals surface area contributed by atoms with Crippen LogP contribution in [-0.2, 0) is 22.5 Å². The molecule has 0 unspecified atom stereocenters. The van der Waals surface area contributed by atoms with Gasteiger partial charge in [-0.05, 0) is 43.0 Å². The van der Waals surface area contributed by atoms with Crippen LogP contribution in [0.15, 0.2) is 54.9 Å². The average Bonchev–Trinajstić information content (AvgIpc) is 3.08. The van der Waals surface area contributed by atoms with Crippen molar-refractivity contribution in [3.63, 3.8) is 0 Å². The van der Waals surface area contributed by atoms with Crippen molar-refractivity contribution in [2.24, 2.45) is 0 Å². The number of likely N-dealkylation sites (tertiary alicyclic amines) is 1. The number of nitrogens with zero attached hydrogens (tertiary/aromatic N) is 2. The summed E-state index contributed by atoms with van der Waals surface area (Å²) in [6.45, 7) is 4.66. The maximum Gasteiger partial charge on any atom is 0.0841 e. The number of rotatable bonds is 6. The van der Waals surface area contributed by atoms with Crippen molar-refractivity contribution in [2.45, 2.75) is 44.0 Å². The summed E-state index contributed by atoms with van der Waals surface area (Å²) in [7, 11) is 0. The molecular weight excluding hydrogens is 324 g/mol. The Bertz CT molecular complexity index is 679. The van der Waals surface area contributed by atoms with Crippen LogP contribution in [0.25, 0.3) is 0 Å². The molecule has 2 saturated heterocycles. The number of benzene rings is 1. The molecule has 0 bridgehead atoms. The van der Waals surface area contributed by atoms with Crippen LogP contribution in [0.2, 0.25) is 0 Å². The Hall–Kier alpha value is -1.75. The van der Waals surface area contributed by atoms with Crippen molar-refractivity contribution in [1.82, 2.24) is 9.88 Å². The molecule has 2 aliphatic heterocycles. The molecule has 1 spiro atoms. The molecule has 0 saturated carbocycles. The van der Waals surface area contributed by atoms with Crippen molar-refractivity contribution < 1.29 is 9.47 Å². The summed E-state index contributed by atoms with van der Waals surface area (Å²) < 4.78 is 12.4. The summed E-state index contributed by atoms with van der Waals surface area (Å²) in [5.41, 5.74) is 2.54. The van der Waals surface area contributed by atoms with Crippen molar-refractivity contribution in [3.05, 3.63) is 66.0 Å². The van der Waals surface area contributed by atoms with Gasteiger partial charge in [0.15, 0.2) is 0 Å². The lowest BCUT2D eigenvalue weighted by Gasteiger charge is -2.39. The number of hydrogen-bond donors (Lipinski definition) is 0. The third-order valence-electron chi connectivity index (χ3n) is 5.56. The van der Waals surface area contributed by atoms with Gasteiger partial charge in [0.25, 0.3) is 0 Å². The minimum atomic E-state index is -0.00541. The van der Waals surface area contributed by atoms with Crippen LogP contribution in [0.1, 0.15) is 30.4 Å². The van der Waals surface area contributed by atoms with E-state index in [0.717, 1.165) is 37.9 Å². The minimum absolute atomic E-state index is 0.00541. The standard InChI is InChI=1S/C22H28N2O2/c1-2-6-19(7-3-1)9-13-24-12-5-10-22(18-24)14-21(17-26-22)25-16-20-8-4-11-23-15-20/h1-4,6-8,11,15,21H,5,9-10,12-14,16-18H2/t21-,22+/m0/s1. The van der Waals surface area contributed by atoms with E-state index in [4.69, 9.17) is 9.47 Å². The van der Waals surface area contributed by atoms with E-state index in [1.807, 2.05) is 12.3 Å². The first-order chi connectivity index (χ1) is 12.8. The second-order valence-corrected chi connectivity index (χ2v) is 7.61. The van der Waals surface area contributed by atoms with E-state index in [2.05, 4.69) is 46.3 Å². The second-order valence-electron chi connectivity index (χ2n) is 7.61. The number of aromatic nitrogens is 1. The molecule has 3 heterocycles. The molecule has 2 atom stereocenters. The van der Waals surface area contributed by atoms with Gasteiger partial charge in [-0.15, -0.1) is 0 Å². The van der Waals surface area contributed by atoms with Crippen LogP contribution in [0.5, 0.6) is 0 Å². The monoisotopic (exact) mass is 352 g/mol. The zero-order valence-electron chi connectivity index (χ0n) is 15.3. The minimum Gasteiger partial charge on any atom is -0.371 e. The highest BCUT2D eigenvalue weighted by Gasteiger charge is 2.43. The van der Waals surface area contributed by atoms with Gasteiger partial charge in [-0.3, -0.25) is 4.98 Å². The molecule has 1 aromatic carbocycles. The second kappa shape index (κ2) is 8.30. The highest BCUT2D eigenvalue weighted by atomic mass is 16.6. The summed E-state index contributed by atoms with van der Waals surface area (Å²) in [5, 5.41) is 0. The summed E-state index contributed by atoms with van der Waals surface area (Å²) in [5.74, 6) is 0. The van der Waals surface area contributed by atoms with Gasteiger partial charge < -0.3 is 14.4 Å². The first kappa shape index (κ1) is 17.7. The average molecular weight is 352 g/mol. The summed E-state index contributed by atoms with van der Waals surface area (Å²) in [6.07, 6.45) is 8.35. The van der Waals surface area contributed by atoms with Gasteiger partial charge in [-0.1, -0.05) is 36.4 Å². The highest BCUT2D eigenvalue weighted by Crippen LogP contribution is 2.36. The number of pyridine rings is 1. The Balaban J connectivity index is 1.27. The fourth-order valence-electron chi connectivity index (χ4n) is 4.20. The molecule has 0 N–H and O–H groups in total. The van der Waals surface area contributed by atoms with Gasteiger partial charge in [0.05, 0.1) is 24.9 Å².